The van der Waals surface area contributed by atoms with Crippen LogP contribution in [0.25, 0.3) is 11.1 Å². The number of para-hydroxylation sites is 2. The number of hydrogen-bond acceptors (Lipinski definition) is 7. The van der Waals surface area contributed by atoms with Gasteiger partial charge < -0.3 is 14.6 Å². The van der Waals surface area contributed by atoms with E-state index in [4.69, 9.17) is 4.42 Å². The topological polar surface area (TPSA) is 84.2 Å². The summed E-state index contributed by atoms with van der Waals surface area (Å²) in [6, 6.07) is 18.2. The normalized spacial score (nSPS) is 14.5. The van der Waals surface area contributed by atoms with Gasteiger partial charge in [0.1, 0.15) is 5.52 Å². The van der Waals surface area contributed by atoms with E-state index in [0.717, 1.165) is 64.2 Å². The van der Waals surface area contributed by atoms with Gasteiger partial charge in [0.2, 0.25) is 5.91 Å². The average molecular weight is 460 g/mol. The number of nitrogens with zero attached hydrogens (tertiary/aromatic N) is 4. The van der Waals surface area contributed by atoms with Crippen molar-refractivity contribution >= 4 is 40.5 Å². The molecule has 0 spiro atoms. The van der Waals surface area contributed by atoms with Crippen LogP contribution in [0.15, 0.2) is 69.1 Å². The summed E-state index contributed by atoms with van der Waals surface area (Å²) in [6.07, 6.45) is 1.53. The molecule has 0 saturated carbocycles. The van der Waals surface area contributed by atoms with Crippen molar-refractivity contribution in [2.24, 2.45) is 5.92 Å². The first-order valence-electron chi connectivity index (χ1n) is 11.0. The number of piperidine rings is 1. The molecule has 2 aromatic carbocycles. The molecule has 0 bridgehead atoms. The molecule has 1 amide bonds. The molecule has 1 aliphatic heterocycles. The highest BCUT2D eigenvalue weighted by molar-refractivity contribution is 7.99. The zero-order chi connectivity index (χ0) is 22.8. The molecule has 1 saturated heterocycles. The second kappa shape index (κ2) is 9.23. The third kappa shape index (κ3) is 5.01. The van der Waals surface area contributed by atoms with Gasteiger partial charge in [-0.25, -0.2) is 9.97 Å². The maximum Gasteiger partial charge on any atom is 0.298 e. The summed E-state index contributed by atoms with van der Waals surface area (Å²) >= 11 is 1.52. The van der Waals surface area contributed by atoms with Crippen molar-refractivity contribution < 1.29 is 9.21 Å². The van der Waals surface area contributed by atoms with Gasteiger partial charge in [0, 0.05) is 41.0 Å². The number of fused-ring (bicyclic) bond motifs is 1. The van der Waals surface area contributed by atoms with E-state index in [9.17, 15) is 4.79 Å². The second-order valence-electron chi connectivity index (χ2n) is 8.27. The van der Waals surface area contributed by atoms with Crippen molar-refractivity contribution in [2.45, 2.75) is 36.7 Å². The van der Waals surface area contributed by atoms with Crippen LogP contribution in [0.5, 0.6) is 0 Å². The molecule has 0 unspecified atom stereocenters. The third-order valence-electron chi connectivity index (χ3n) is 5.71. The summed E-state index contributed by atoms with van der Waals surface area (Å²) in [4.78, 5) is 29.5. The summed E-state index contributed by atoms with van der Waals surface area (Å²) in [7, 11) is 0. The zero-order valence-electron chi connectivity index (χ0n) is 18.6. The molecule has 0 aliphatic carbocycles. The van der Waals surface area contributed by atoms with Crippen molar-refractivity contribution in [3.63, 3.8) is 0 Å². The van der Waals surface area contributed by atoms with Gasteiger partial charge in [-0.05, 0) is 80.9 Å². The maximum absolute atomic E-state index is 12.8. The van der Waals surface area contributed by atoms with E-state index < -0.39 is 0 Å². The Hall–Kier alpha value is -3.39. The van der Waals surface area contributed by atoms with Gasteiger partial charge in [-0.15, -0.1) is 0 Å². The van der Waals surface area contributed by atoms with Crippen LogP contribution in [0.2, 0.25) is 0 Å². The van der Waals surface area contributed by atoms with Gasteiger partial charge in [-0.2, -0.15) is 4.98 Å². The minimum Gasteiger partial charge on any atom is -0.423 e. The summed E-state index contributed by atoms with van der Waals surface area (Å²) in [5, 5.41) is 3.79. The lowest BCUT2D eigenvalue weighted by atomic mass is 9.96. The molecule has 168 valence electrons. The molecule has 1 aliphatic rings. The fourth-order valence-electron chi connectivity index (χ4n) is 4.02. The number of benzene rings is 2. The largest absolute Gasteiger partial charge is 0.423 e. The highest BCUT2D eigenvalue weighted by Crippen LogP contribution is 2.28. The van der Waals surface area contributed by atoms with Crippen LogP contribution in [0.4, 0.5) is 11.7 Å². The molecule has 7 nitrogen and oxygen atoms in total. The summed E-state index contributed by atoms with van der Waals surface area (Å²) in [6.45, 7) is 5.43. The Labute approximate surface area is 196 Å². The first-order valence-corrected chi connectivity index (χ1v) is 11.9. The van der Waals surface area contributed by atoms with E-state index in [1.165, 1.54) is 11.8 Å². The fourth-order valence-corrected chi connectivity index (χ4v) is 4.89. The second-order valence-corrected chi connectivity index (χ2v) is 9.32. The number of nitrogens with one attached hydrogen (secondary N) is 1. The van der Waals surface area contributed by atoms with Crippen molar-refractivity contribution in [1.29, 1.82) is 0 Å². The van der Waals surface area contributed by atoms with E-state index in [1.54, 1.807) is 0 Å². The highest BCUT2D eigenvalue weighted by Gasteiger charge is 2.27. The van der Waals surface area contributed by atoms with Crippen LogP contribution < -0.4 is 10.2 Å². The summed E-state index contributed by atoms with van der Waals surface area (Å²) < 4.78 is 5.87. The van der Waals surface area contributed by atoms with E-state index >= 15 is 0 Å². The summed E-state index contributed by atoms with van der Waals surface area (Å²) in [5.41, 5.74) is 4.36. The molecule has 1 N–H and O–H groups in total. The van der Waals surface area contributed by atoms with Gasteiger partial charge in [-0.3, -0.25) is 4.79 Å². The van der Waals surface area contributed by atoms with Gasteiger partial charge >= 0.3 is 0 Å². The zero-order valence-corrected chi connectivity index (χ0v) is 19.4. The standard InChI is InChI=1S/C25H25N5O2S/c1-16-15-17(2)27-24(26-16)33-20-9-7-19(8-10-20)28-23(31)18-11-13-30(14-12-18)25-29-21-5-3-4-6-22(21)32-25/h3-10,15,18H,11-14H2,1-2H3,(H,28,31). The molecule has 4 aromatic rings. The van der Waals surface area contributed by atoms with Gasteiger partial charge in [-0.1, -0.05) is 12.1 Å². The molecule has 2 aromatic heterocycles. The number of rotatable bonds is 5. The van der Waals surface area contributed by atoms with Crippen molar-refractivity contribution in [3.8, 4) is 0 Å². The minimum atomic E-state index is -0.0247. The number of amides is 1. The molecular weight excluding hydrogens is 434 g/mol. The molecular formula is C25H25N5O2S. The van der Waals surface area contributed by atoms with Crippen LogP contribution >= 0.6 is 11.8 Å². The van der Waals surface area contributed by atoms with Gasteiger partial charge in [0.05, 0.1) is 0 Å². The van der Waals surface area contributed by atoms with E-state index in [1.807, 2.05) is 68.4 Å². The predicted octanol–water partition coefficient (Wildman–Crippen LogP) is 5.24. The Morgan fingerprint density at radius 2 is 1.70 bits per heavy atom. The van der Waals surface area contributed by atoms with Crippen LogP contribution in [0.1, 0.15) is 24.2 Å². The molecule has 33 heavy (non-hydrogen) atoms. The highest BCUT2D eigenvalue weighted by atomic mass is 32.2. The lowest BCUT2D eigenvalue weighted by Gasteiger charge is -2.30. The number of oxazole rings is 1. The van der Waals surface area contributed by atoms with E-state index in [2.05, 4.69) is 25.2 Å². The van der Waals surface area contributed by atoms with Crippen molar-refractivity contribution in [2.75, 3.05) is 23.3 Å². The number of hydrogen-bond donors (Lipinski definition) is 1. The number of aryl methyl sites for hydroxylation is 2. The van der Waals surface area contributed by atoms with Crippen LogP contribution in [-0.4, -0.2) is 33.9 Å². The SMILES string of the molecule is Cc1cc(C)nc(Sc2ccc(NC(=O)C3CCN(c4nc5ccccc5o4)CC3)cc2)n1. The van der Waals surface area contributed by atoms with Gasteiger partial charge in [0.15, 0.2) is 10.7 Å². The van der Waals surface area contributed by atoms with Crippen molar-refractivity contribution in [3.05, 3.63) is 66.0 Å². The van der Waals surface area contributed by atoms with E-state index in [-0.39, 0.29) is 11.8 Å². The Morgan fingerprint density at radius 1 is 1.00 bits per heavy atom. The maximum atomic E-state index is 12.8. The average Bonchev–Trinajstić information content (AvgIpc) is 3.24. The number of carbonyl (C=O) groups excluding carboxylic acids is 1. The number of anilines is 2. The van der Waals surface area contributed by atoms with Crippen LogP contribution in [0.3, 0.4) is 0 Å². The summed E-state index contributed by atoms with van der Waals surface area (Å²) in [5.74, 6) is 0.0357. The molecule has 0 atom stereocenters. The molecule has 1 fully saturated rings. The Balaban J connectivity index is 1.15. The molecule has 0 radical (unpaired) electrons. The number of carbonyl (C=O) groups is 1. The fraction of sp³-hybridized carbons (Fsp3) is 0.280. The third-order valence-corrected chi connectivity index (χ3v) is 6.58. The van der Waals surface area contributed by atoms with E-state index in [0.29, 0.717) is 6.01 Å². The first-order chi connectivity index (χ1) is 16.0. The quantitative estimate of drug-likeness (QED) is 0.409. The molecule has 8 heteroatoms. The predicted molar refractivity (Wildman–Crippen MR) is 130 cm³/mol. The number of aromatic nitrogens is 3. The van der Waals surface area contributed by atoms with Crippen molar-refractivity contribution in [1.82, 2.24) is 15.0 Å². The molecule has 3 heterocycles. The minimum absolute atomic E-state index is 0.0247. The first kappa shape index (κ1) is 21.5. The monoisotopic (exact) mass is 459 g/mol. The Morgan fingerprint density at radius 3 is 2.39 bits per heavy atom. The molecule has 5 rings (SSSR count). The van der Waals surface area contributed by atoms with Gasteiger partial charge in [0.25, 0.3) is 6.01 Å². The Kier molecular flexibility index (Phi) is 6.00. The Bertz CT molecular complexity index is 1230. The smallest absolute Gasteiger partial charge is 0.298 e. The van der Waals surface area contributed by atoms with Crippen LogP contribution in [-0.2, 0) is 4.79 Å². The lowest BCUT2D eigenvalue weighted by Crippen LogP contribution is -2.38. The van der Waals surface area contributed by atoms with Crippen LogP contribution in [0, 0.1) is 19.8 Å². The lowest BCUT2D eigenvalue weighted by molar-refractivity contribution is -0.120.